The fraction of sp³-hybridized carbons (Fsp3) is 1.00. The summed E-state index contributed by atoms with van der Waals surface area (Å²) >= 11 is 0. The largest absolute Gasteiger partial charge is 0.401 e. The Labute approximate surface area is 103 Å². The Balaban J connectivity index is 1.99. The highest BCUT2D eigenvalue weighted by Gasteiger charge is 2.66. The quantitative estimate of drug-likeness (QED) is 0.711. The van der Waals surface area contributed by atoms with Gasteiger partial charge in [0.15, 0.2) is 0 Å². The molecule has 0 N–H and O–H groups in total. The smallest absolute Gasteiger partial charge is 0.294 e. The van der Waals surface area contributed by atoms with Crippen molar-refractivity contribution in [3.8, 4) is 0 Å². The second-order valence-corrected chi connectivity index (χ2v) is 5.74. The number of halogens is 5. The van der Waals surface area contributed by atoms with Gasteiger partial charge in [-0.25, -0.2) is 8.78 Å². The molecule has 18 heavy (non-hydrogen) atoms. The molecule has 0 aromatic rings. The van der Waals surface area contributed by atoms with Gasteiger partial charge >= 0.3 is 6.18 Å². The Bertz CT molecular complexity index is 320. The van der Waals surface area contributed by atoms with Crippen molar-refractivity contribution in [2.75, 3.05) is 32.7 Å². The van der Waals surface area contributed by atoms with Crippen molar-refractivity contribution >= 4 is 0 Å². The van der Waals surface area contributed by atoms with Crippen molar-refractivity contribution in [3.05, 3.63) is 0 Å². The van der Waals surface area contributed by atoms with Crippen LogP contribution in [0.1, 0.15) is 13.8 Å². The van der Waals surface area contributed by atoms with Gasteiger partial charge in [0, 0.05) is 25.7 Å². The molecule has 2 aliphatic heterocycles. The molecule has 0 unspecified atom stereocenters. The first-order chi connectivity index (χ1) is 8.05. The predicted octanol–water partition coefficient (Wildman–Crippen LogP) is 2.21. The summed E-state index contributed by atoms with van der Waals surface area (Å²) in [5.74, 6) is -2.89. The molecular weight excluding hydrogens is 255 g/mol. The Hall–Kier alpha value is -0.430. The minimum absolute atomic E-state index is 0.00749. The maximum Gasteiger partial charge on any atom is 0.401 e. The fourth-order valence-electron chi connectivity index (χ4n) is 2.85. The lowest BCUT2D eigenvalue weighted by Crippen LogP contribution is -2.65. The van der Waals surface area contributed by atoms with Crippen molar-refractivity contribution in [1.82, 2.24) is 9.80 Å². The van der Waals surface area contributed by atoms with Crippen LogP contribution in [0.3, 0.4) is 0 Å². The third kappa shape index (κ3) is 2.34. The van der Waals surface area contributed by atoms with Crippen LogP contribution >= 0.6 is 0 Å². The lowest BCUT2D eigenvalue weighted by molar-refractivity contribution is -0.203. The number of hydrogen-bond donors (Lipinski definition) is 0. The van der Waals surface area contributed by atoms with Crippen LogP contribution in [0.2, 0.25) is 0 Å². The van der Waals surface area contributed by atoms with Gasteiger partial charge in [-0.3, -0.25) is 9.80 Å². The van der Waals surface area contributed by atoms with Gasteiger partial charge in [-0.2, -0.15) is 13.2 Å². The normalized spacial score (nSPS) is 28.0. The molecule has 0 aromatic heterocycles. The molecule has 0 aromatic carbocycles. The van der Waals surface area contributed by atoms with Crippen LogP contribution in [0.25, 0.3) is 0 Å². The lowest BCUT2D eigenvalue weighted by atomic mass is 9.76. The number of rotatable bonds is 2. The number of hydrogen-bond acceptors (Lipinski definition) is 2. The van der Waals surface area contributed by atoms with Crippen LogP contribution in [0.5, 0.6) is 0 Å². The van der Waals surface area contributed by atoms with E-state index in [0.29, 0.717) is 0 Å². The predicted molar refractivity (Wildman–Crippen MR) is 56.6 cm³/mol. The average molecular weight is 272 g/mol. The van der Waals surface area contributed by atoms with Gasteiger partial charge in [-0.15, -0.1) is 0 Å². The number of nitrogens with zero attached hydrogens (tertiary/aromatic N) is 2. The maximum atomic E-state index is 13.9. The first-order valence-corrected chi connectivity index (χ1v) is 5.96. The SMILES string of the molecule is CC(C)N1CC(F)(F)C2(CN(CC(F)(F)F)C2)C1. The van der Waals surface area contributed by atoms with Gasteiger partial charge in [-0.05, 0) is 13.8 Å². The first-order valence-electron chi connectivity index (χ1n) is 5.96. The average Bonchev–Trinajstić information content (AvgIpc) is 2.35. The van der Waals surface area contributed by atoms with Crippen LogP contribution in [0.15, 0.2) is 0 Å². The molecule has 2 aliphatic rings. The van der Waals surface area contributed by atoms with Crippen molar-refractivity contribution in [2.24, 2.45) is 5.41 Å². The molecule has 0 saturated carbocycles. The third-order valence-electron chi connectivity index (χ3n) is 3.87. The molecule has 2 rings (SSSR count). The monoisotopic (exact) mass is 272 g/mol. The van der Waals surface area contributed by atoms with E-state index in [-0.39, 0.29) is 32.2 Å². The van der Waals surface area contributed by atoms with Gasteiger partial charge < -0.3 is 0 Å². The van der Waals surface area contributed by atoms with E-state index >= 15 is 0 Å². The molecule has 0 aliphatic carbocycles. The van der Waals surface area contributed by atoms with Crippen LogP contribution in [-0.2, 0) is 0 Å². The zero-order valence-electron chi connectivity index (χ0n) is 10.4. The molecule has 0 amide bonds. The summed E-state index contributed by atoms with van der Waals surface area (Å²) < 4.78 is 64.3. The molecule has 2 fully saturated rings. The molecule has 0 atom stereocenters. The van der Waals surface area contributed by atoms with E-state index in [1.54, 1.807) is 4.90 Å². The minimum atomic E-state index is -4.31. The highest BCUT2D eigenvalue weighted by atomic mass is 19.4. The Kier molecular flexibility index (Phi) is 3.13. The second kappa shape index (κ2) is 4.03. The van der Waals surface area contributed by atoms with E-state index in [1.807, 2.05) is 13.8 Å². The van der Waals surface area contributed by atoms with Crippen LogP contribution in [-0.4, -0.2) is 60.7 Å². The Morgan fingerprint density at radius 3 is 2.00 bits per heavy atom. The lowest BCUT2D eigenvalue weighted by Gasteiger charge is -2.50. The molecule has 106 valence electrons. The van der Waals surface area contributed by atoms with Gasteiger partial charge in [0.05, 0.1) is 18.5 Å². The summed E-state index contributed by atoms with van der Waals surface area (Å²) in [6.45, 7) is 2.07. The number of likely N-dealkylation sites (tertiary alicyclic amines) is 2. The highest BCUT2D eigenvalue weighted by Crippen LogP contribution is 2.50. The minimum Gasteiger partial charge on any atom is -0.294 e. The molecular formula is C11H17F5N2. The van der Waals surface area contributed by atoms with Crippen LogP contribution in [0, 0.1) is 5.41 Å². The van der Waals surface area contributed by atoms with Gasteiger partial charge in [-0.1, -0.05) is 0 Å². The second-order valence-electron chi connectivity index (χ2n) is 5.74. The van der Waals surface area contributed by atoms with E-state index < -0.39 is 24.1 Å². The summed E-state index contributed by atoms with van der Waals surface area (Å²) in [6, 6.07) is -0.00749. The van der Waals surface area contributed by atoms with Crippen molar-refractivity contribution < 1.29 is 22.0 Å². The highest BCUT2D eigenvalue weighted by molar-refractivity contribution is 5.11. The van der Waals surface area contributed by atoms with E-state index in [1.165, 1.54) is 0 Å². The summed E-state index contributed by atoms with van der Waals surface area (Å²) in [7, 11) is 0. The van der Waals surface area contributed by atoms with Gasteiger partial charge in [0.25, 0.3) is 5.92 Å². The Morgan fingerprint density at radius 1 is 1.06 bits per heavy atom. The molecule has 2 saturated heterocycles. The molecule has 0 radical (unpaired) electrons. The van der Waals surface area contributed by atoms with Crippen LogP contribution in [0.4, 0.5) is 22.0 Å². The number of alkyl halides is 5. The molecule has 0 bridgehead atoms. The van der Waals surface area contributed by atoms with Crippen molar-refractivity contribution in [1.29, 1.82) is 0 Å². The first kappa shape index (κ1) is 14.0. The zero-order chi connectivity index (χ0) is 13.8. The Morgan fingerprint density at radius 2 is 1.61 bits per heavy atom. The summed E-state index contributed by atoms with van der Waals surface area (Å²) in [6.07, 6.45) is -4.31. The molecule has 2 nitrogen and oxygen atoms in total. The van der Waals surface area contributed by atoms with E-state index in [0.717, 1.165) is 4.90 Å². The molecule has 2 heterocycles. The van der Waals surface area contributed by atoms with Gasteiger partial charge in [0.1, 0.15) is 0 Å². The van der Waals surface area contributed by atoms with E-state index in [9.17, 15) is 22.0 Å². The summed E-state index contributed by atoms with van der Waals surface area (Å²) in [4.78, 5) is 2.70. The van der Waals surface area contributed by atoms with Crippen LogP contribution < -0.4 is 0 Å². The fourth-order valence-corrected chi connectivity index (χ4v) is 2.85. The maximum absolute atomic E-state index is 13.9. The zero-order valence-corrected chi connectivity index (χ0v) is 10.4. The summed E-state index contributed by atoms with van der Waals surface area (Å²) in [5.41, 5.74) is -1.28. The third-order valence-corrected chi connectivity index (χ3v) is 3.87. The topological polar surface area (TPSA) is 6.48 Å². The molecule has 7 heteroatoms. The standard InChI is InChI=1S/C11H17F5N2/c1-8(2)18-5-9(10(12,13)6-18)3-17(4-9)7-11(14,15)16/h8H,3-7H2,1-2H3. The van der Waals surface area contributed by atoms with Crippen molar-refractivity contribution in [2.45, 2.75) is 32.0 Å². The van der Waals surface area contributed by atoms with E-state index in [4.69, 9.17) is 0 Å². The van der Waals surface area contributed by atoms with Crippen molar-refractivity contribution in [3.63, 3.8) is 0 Å². The molecule has 1 spiro atoms. The summed E-state index contributed by atoms with van der Waals surface area (Å²) in [5, 5.41) is 0. The van der Waals surface area contributed by atoms with E-state index in [2.05, 4.69) is 0 Å². The van der Waals surface area contributed by atoms with Gasteiger partial charge in [0.2, 0.25) is 0 Å².